The Labute approximate surface area is 128 Å². The van der Waals surface area contributed by atoms with Crippen LogP contribution in [0, 0.1) is 0 Å². The normalized spacial score (nSPS) is 11.8. The van der Waals surface area contributed by atoms with Crippen LogP contribution in [0.2, 0.25) is 0 Å². The van der Waals surface area contributed by atoms with Gasteiger partial charge in [0.05, 0.1) is 19.1 Å². The standard InChI is InChI=1S/C15H20BrNO3/c1-3-13(11-5-7-12(16)8-6-11)17-14(18)9-10-15(19)20-4-2/h5-8,13H,3-4,9-10H2,1-2H3,(H,17,18). The van der Waals surface area contributed by atoms with Crippen molar-refractivity contribution in [2.24, 2.45) is 0 Å². The predicted octanol–water partition coefficient (Wildman–Crippen LogP) is 3.36. The number of carbonyl (C=O) groups is 2. The lowest BCUT2D eigenvalue weighted by Gasteiger charge is -2.17. The van der Waals surface area contributed by atoms with Crippen LogP contribution in [0.4, 0.5) is 0 Å². The van der Waals surface area contributed by atoms with Gasteiger partial charge in [-0.3, -0.25) is 9.59 Å². The molecule has 110 valence electrons. The van der Waals surface area contributed by atoms with Crippen LogP contribution in [-0.4, -0.2) is 18.5 Å². The molecule has 0 aliphatic rings. The molecule has 0 aliphatic heterocycles. The Bertz CT molecular complexity index is 445. The maximum Gasteiger partial charge on any atom is 0.306 e. The third-order valence-corrected chi connectivity index (χ3v) is 3.41. The first-order valence-corrected chi connectivity index (χ1v) is 7.56. The predicted molar refractivity (Wildman–Crippen MR) is 81.2 cm³/mol. The monoisotopic (exact) mass is 341 g/mol. The van der Waals surface area contributed by atoms with Gasteiger partial charge in [-0.2, -0.15) is 0 Å². The van der Waals surface area contributed by atoms with E-state index in [-0.39, 0.29) is 30.8 Å². The Morgan fingerprint density at radius 1 is 1.20 bits per heavy atom. The molecule has 1 N–H and O–H groups in total. The van der Waals surface area contributed by atoms with Gasteiger partial charge in [-0.25, -0.2) is 0 Å². The van der Waals surface area contributed by atoms with Crippen molar-refractivity contribution in [2.45, 2.75) is 39.2 Å². The van der Waals surface area contributed by atoms with E-state index >= 15 is 0 Å². The van der Waals surface area contributed by atoms with E-state index in [0.717, 1.165) is 16.5 Å². The van der Waals surface area contributed by atoms with Crippen molar-refractivity contribution in [3.05, 3.63) is 34.3 Å². The van der Waals surface area contributed by atoms with E-state index < -0.39 is 0 Å². The summed E-state index contributed by atoms with van der Waals surface area (Å²) in [5.41, 5.74) is 1.06. The number of nitrogens with one attached hydrogen (secondary N) is 1. The average molecular weight is 342 g/mol. The molecule has 0 saturated carbocycles. The molecular weight excluding hydrogens is 322 g/mol. The maximum atomic E-state index is 11.8. The second-order valence-corrected chi connectivity index (χ2v) is 5.30. The van der Waals surface area contributed by atoms with E-state index in [0.29, 0.717) is 6.61 Å². The minimum Gasteiger partial charge on any atom is -0.466 e. The lowest BCUT2D eigenvalue weighted by molar-refractivity contribution is -0.144. The molecule has 0 fully saturated rings. The van der Waals surface area contributed by atoms with Gasteiger partial charge in [0, 0.05) is 10.9 Å². The van der Waals surface area contributed by atoms with Crippen LogP contribution in [0.15, 0.2) is 28.7 Å². The molecule has 1 atom stereocenters. The van der Waals surface area contributed by atoms with Crippen molar-refractivity contribution in [1.29, 1.82) is 0 Å². The first-order chi connectivity index (χ1) is 9.56. The molecule has 0 aromatic heterocycles. The topological polar surface area (TPSA) is 55.4 Å². The summed E-state index contributed by atoms with van der Waals surface area (Å²) in [5, 5.41) is 2.94. The van der Waals surface area contributed by atoms with Crippen LogP contribution >= 0.6 is 15.9 Å². The highest BCUT2D eigenvalue weighted by atomic mass is 79.9. The van der Waals surface area contributed by atoms with Crippen LogP contribution < -0.4 is 5.32 Å². The molecule has 0 heterocycles. The summed E-state index contributed by atoms with van der Waals surface area (Å²) in [7, 11) is 0. The molecule has 0 saturated heterocycles. The molecule has 0 spiro atoms. The third kappa shape index (κ3) is 5.74. The molecule has 5 heteroatoms. The zero-order chi connectivity index (χ0) is 15.0. The summed E-state index contributed by atoms with van der Waals surface area (Å²) in [5.74, 6) is -0.466. The molecule has 0 radical (unpaired) electrons. The first-order valence-electron chi connectivity index (χ1n) is 6.77. The SMILES string of the molecule is CCOC(=O)CCC(=O)NC(CC)c1ccc(Br)cc1. The van der Waals surface area contributed by atoms with E-state index in [1.807, 2.05) is 31.2 Å². The minimum atomic E-state index is -0.334. The number of carbonyl (C=O) groups excluding carboxylic acids is 2. The summed E-state index contributed by atoms with van der Waals surface area (Å²) in [6.45, 7) is 4.11. The van der Waals surface area contributed by atoms with E-state index in [4.69, 9.17) is 4.74 Å². The van der Waals surface area contributed by atoms with Crippen molar-refractivity contribution in [3.8, 4) is 0 Å². The van der Waals surface area contributed by atoms with Crippen LogP contribution in [0.5, 0.6) is 0 Å². The fraction of sp³-hybridized carbons (Fsp3) is 0.467. The Morgan fingerprint density at radius 3 is 2.40 bits per heavy atom. The van der Waals surface area contributed by atoms with Gasteiger partial charge in [0.1, 0.15) is 0 Å². The first kappa shape index (κ1) is 16.7. The lowest BCUT2D eigenvalue weighted by Crippen LogP contribution is -2.28. The number of ether oxygens (including phenoxy) is 1. The number of hydrogen-bond acceptors (Lipinski definition) is 3. The Hall–Kier alpha value is -1.36. The number of amides is 1. The van der Waals surface area contributed by atoms with E-state index in [2.05, 4.69) is 21.2 Å². The zero-order valence-corrected chi connectivity index (χ0v) is 13.4. The summed E-state index contributed by atoms with van der Waals surface area (Å²) in [4.78, 5) is 23.0. The zero-order valence-electron chi connectivity index (χ0n) is 11.8. The van der Waals surface area contributed by atoms with Crippen molar-refractivity contribution in [1.82, 2.24) is 5.32 Å². The van der Waals surface area contributed by atoms with Crippen molar-refractivity contribution >= 4 is 27.8 Å². The van der Waals surface area contributed by atoms with Crippen LogP contribution in [0.3, 0.4) is 0 Å². The highest BCUT2D eigenvalue weighted by Gasteiger charge is 2.14. The molecule has 0 aliphatic carbocycles. The van der Waals surface area contributed by atoms with E-state index in [1.165, 1.54) is 0 Å². The summed E-state index contributed by atoms with van der Waals surface area (Å²) < 4.78 is 5.80. The molecule has 1 aromatic carbocycles. The number of benzene rings is 1. The molecule has 20 heavy (non-hydrogen) atoms. The Morgan fingerprint density at radius 2 is 1.85 bits per heavy atom. The minimum absolute atomic E-state index is 0.0298. The van der Waals surface area contributed by atoms with Gasteiger partial charge in [-0.15, -0.1) is 0 Å². The van der Waals surface area contributed by atoms with Crippen LogP contribution in [0.1, 0.15) is 44.7 Å². The number of hydrogen-bond donors (Lipinski definition) is 1. The second-order valence-electron chi connectivity index (χ2n) is 4.38. The largest absolute Gasteiger partial charge is 0.466 e. The highest BCUT2D eigenvalue weighted by Crippen LogP contribution is 2.19. The van der Waals surface area contributed by atoms with Crippen molar-refractivity contribution in [2.75, 3.05) is 6.61 Å². The van der Waals surface area contributed by atoms with Gasteiger partial charge in [-0.1, -0.05) is 35.0 Å². The fourth-order valence-corrected chi connectivity index (χ4v) is 2.10. The van der Waals surface area contributed by atoms with Gasteiger partial charge >= 0.3 is 5.97 Å². The molecule has 1 amide bonds. The quantitative estimate of drug-likeness (QED) is 0.773. The molecule has 0 bridgehead atoms. The number of esters is 1. The molecule has 1 unspecified atom stereocenters. The second kappa shape index (κ2) is 8.74. The fourth-order valence-electron chi connectivity index (χ4n) is 1.83. The number of halogens is 1. The maximum absolute atomic E-state index is 11.8. The van der Waals surface area contributed by atoms with Crippen LogP contribution in [0.25, 0.3) is 0 Å². The Balaban J connectivity index is 2.49. The lowest BCUT2D eigenvalue weighted by atomic mass is 10.0. The van der Waals surface area contributed by atoms with Gasteiger partial charge in [0.25, 0.3) is 0 Å². The summed E-state index contributed by atoms with van der Waals surface area (Å²) in [6.07, 6.45) is 1.08. The summed E-state index contributed by atoms with van der Waals surface area (Å²) in [6, 6.07) is 7.82. The third-order valence-electron chi connectivity index (χ3n) is 2.88. The molecule has 1 rings (SSSR count). The number of rotatable bonds is 7. The van der Waals surface area contributed by atoms with Gasteiger partial charge in [-0.05, 0) is 31.0 Å². The summed E-state index contributed by atoms with van der Waals surface area (Å²) >= 11 is 3.38. The van der Waals surface area contributed by atoms with Crippen molar-refractivity contribution in [3.63, 3.8) is 0 Å². The molecular formula is C15H20BrNO3. The van der Waals surface area contributed by atoms with E-state index in [9.17, 15) is 9.59 Å². The van der Waals surface area contributed by atoms with E-state index in [1.54, 1.807) is 6.92 Å². The Kier molecular flexibility index (Phi) is 7.30. The van der Waals surface area contributed by atoms with Gasteiger partial charge in [0.15, 0.2) is 0 Å². The van der Waals surface area contributed by atoms with Gasteiger partial charge in [0.2, 0.25) is 5.91 Å². The van der Waals surface area contributed by atoms with Crippen molar-refractivity contribution < 1.29 is 14.3 Å². The molecule has 4 nitrogen and oxygen atoms in total. The van der Waals surface area contributed by atoms with Crippen LogP contribution in [-0.2, 0) is 14.3 Å². The van der Waals surface area contributed by atoms with Gasteiger partial charge < -0.3 is 10.1 Å². The molecule has 1 aromatic rings. The highest BCUT2D eigenvalue weighted by molar-refractivity contribution is 9.10. The average Bonchev–Trinajstić information content (AvgIpc) is 2.44. The smallest absolute Gasteiger partial charge is 0.306 e.